The van der Waals surface area contributed by atoms with E-state index < -0.39 is 31.4 Å². The smallest absolute Gasteiger partial charge is 0.260 e. The van der Waals surface area contributed by atoms with E-state index in [1.54, 1.807) is 0 Å². The van der Waals surface area contributed by atoms with Gasteiger partial charge in [-0.25, -0.2) is 13.1 Å². The zero-order valence-electron chi connectivity index (χ0n) is 9.79. The molecule has 0 aromatic carbocycles. The SMILES string of the molecule is CS(=O)CCCNS(=O)(=O)c1cc([N+](=O)[O-])c(Cl)s1. The van der Waals surface area contributed by atoms with E-state index >= 15 is 0 Å². The van der Waals surface area contributed by atoms with Crippen LogP contribution in [0.1, 0.15) is 6.42 Å². The molecule has 7 nitrogen and oxygen atoms in total. The predicted molar refractivity (Wildman–Crippen MR) is 74.7 cm³/mol. The summed E-state index contributed by atoms with van der Waals surface area (Å²) in [5.74, 6) is 0.383. The molecule has 1 unspecified atom stereocenters. The highest BCUT2D eigenvalue weighted by Crippen LogP contribution is 2.35. The molecule has 1 atom stereocenters. The molecule has 0 aliphatic rings. The zero-order chi connectivity index (χ0) is 14.6. The standard InChI is InChI=1S/C8H11ClN2O5S3/c1-18(14)4-2-3-10-19(15,16)7-5-6(11(12)13)8(9)17-7/h5,10H,2-4H2,1H3. The van der Waals surface area contributed by atoms with Crippen LogP contribution in [0.4, 0.5) is 5.69 Å². The molecule has 1 N–H and O–H groups in total. The number of hydrogen-bond donors (Lipinski definition) is 1. The van der Waals surface area contributed by atoms with E-state index in [1.165, 1.54) is 6.26 Å². The first-order chi connectivity index (χ1) is 8.74. The second-order valence-electron chi connectivity index (χ2n) is 3.51. The van der Waals surface area contributed by atoms with Crippen LogP contribution in [0.2, 0.25) is 4.34 Å². The molecule has 1 rings (SSSR count). The number of nitrogens with zero attached hydrogens (tertiary/aromatic N) is 1. The number of thiophene rings is 1. The van der Waals surface area contributed by atoms with Crippen LogP contribution in [0, 0.1) is 10.1 Å². The van der Waals surface area contributed by atoms with Gasteiger partial charge < -0.3 is 0 Å². The van der Waals surface area contributed by atoms with Crippen LogP contribution in [0.25, 0.3) is 0 Å². The minimum Gasteiger partial charge on any atom is -0.260 e. The molecule has 1 aromatic heterocycles. The molecule has 19 heavy (non-hydrogen) atoms. The molecule has 11 heteroatoms. The number of nitrogens with one attached hydrogen (secondary N) is 1. The Kier molecular flexibility index (Phi) is 5.86. The maximum Gasteiger partial charge on any atom is 0.300 e. The normalized spacial score (nSPS) is 13.4. The third-order valence-electron chi connectivity index (χ3n) is 2.01. The van der Waals surface area contributed by atoms with Gasteiger partial charge in [-0.3, -0.25) is 14.3 Å². The van der Waals surface area contributed by atoms with E-state index in [0.29, 0.717) is 23.5 Å². The fraction of sp³-hybridized carbons (Fsp3) is 0.500. The number of halogens is 1. The van der Waals surface area contributed by atoms with Crippen LogP contribution in [-0.2, 0) is 20.8 Å². The number of rotatable bonds is 7. The van der Waals surface area contributed by atoms with Crippen molar-refractivity contribution in [1.29, 1.82) is 0 Å². The number of hydrogen-bond acceptors (Lipinski definition) is 6. The molecule has 1 aromatic rings. The van der Waals surface area contributed by atoms with Crippen LogP contribution in [0.5, 0.6) is 0 Å². The highest BCUT2D eigenvalue weighted by atomic mass is 35.5. The molecule has 0 spiro atoms. The Hall–Kier alpha value is -0.550. The average Bonchev–Trinajstić information content (AvgIpc) is 2.67. The van der Waals surface area contributed by atoms with E-state index in [9.17, 15) is 22.7 Å². The lowest BCUT2D eigenvalue weighted by atomic mass is 10.5. The van der Waals surface area contributed by atoms with Crippen molar-refractivity contribution in [3.63, 3.8) is 0 Å². The molecule has 0 fully saturated rings. The van der Waals surface area contributed by atoms with Gasteiger partial charge in [0.1, 0.15) is 4.21 Å². The van der Waals surface area contributed by atoms with Crippen molar-refractivity contribution in [2.45, 2.75) is 10.6 Å². The number of nitro groups is 1. The van der Waals surface area contributed by atoms with Crippen molar-refractivity contribution in [1.82, 2.24) is 4.72 Å². The van der Waals surface area contributed by atoms with Gasteiger partial charge in [0.05, 0.1) is 4.92 Å². The zero-order valence-corrected chi connectivity index (χ0v) is 13.0. The van der Waals surface area contributed by atoms with Crippen molar-refractivity contribution in [3.8, 4) is 0 Å². The van der Waals surface area contributed by atoms with Gasteiger partial charge in [0.25, 0.3) is 5.69 Å². The monoisotopic (exact) mass is 346 g/mol. The minimum atomic E-state index is -3.81. The van der Waals surface area contributed by atoms with Crippen molar-refractivity contribution in [2.75, 3.05) is 18.6 Å². The molecular weight excluding hydrogens is 336 g/mol. The van der Waals surface area contributed by atoms with Gasteiger partial charge in [-0.05, 0) is 6.42 Å². The predicted octanol–water partition coefficient (Wildman–Crippen LogP) is 1.36. The Balaban J connectivity index is 2.75. The van der Waals surface area contributed by atoms with Crippen LogP contribution in [0.15, 0.2) is 10.3 Å². The molecule has 0 aliphatic carbocycles. The van der Waals surface area contributed by atoms with Crippen molar-refractivity contribution >= 4 is 49.4 Å². The number of sulfonamides is 1. The fourth-order valence-electron chi connectivity index (χ4n) is 1.15. The summed E-state index contributed by atoms with van der Waals surface area (Å²) < 4.78 is 36.3. The minimum absolute atomic E-state index is 0.116. The van der Waals surface area contributed by atoms with Gasteiger partial charge in [-0.2, -0.15) is 0 Å². The molecule has 0 amide bonds. The molecule has 0 radical (unpaired) electrons. The summed E-state index contributed by atoms with van der Waals surface area (Å²) in [5.41, 5.74) is -0.429. The average molecular weight is 347 g/mol. The molecule has 0 saturated carbocycles. The maximum absolute atomic E-state index is 11.8. The lowest BCUT2D eigenvalue weighted by Gasteiger charge is -2.03. The first-order valence-corrected chi connectivity index (χ1v) is 9.38. The molecule has 0 aliphatic heterocycles. The van der Waals surface area contributed by atoms with E-state index in [0.717, 1.165) is 6.07 Å². The van der Waals surface area contributed by atoms with Gasteiger partial charge in [-0.15, -0.1) is 11.3 Å². The Morgan fingerprint density at radius 2 is 2.21 bits per heavy atom. The molecule has 0 saturated heterocycles. The second kappa shape index (κ2) is 6.75. The molecular formula is C8H11ClN2O5S3. The van der Waals surface area contributed by atoms with Gasteiger partial charge in [0, 0.05) is 35.4 Å². The van der Waals surface area contributed by atoms with Crippen LogP contribution in [0.3, 0.4) is 0 Å². The van der Waals surface area contributed by atoms with Gasteiger partial charge >= 0.3 is 0 Å². The Morgan fingerprint density at radius 1 is 1.58 bits per heavy atom. The maximum atomic E-state index is 11.8. The van der Waals surface area contributed by atoms with Gasteiger partial charge in [0.2, 0.25) is 10.0 Å². The Labute approximate surface area is 121 Å². The lowest BCUT2D eigenvalue weighted by Crippen LogP contribution is -2.24. The van der Waals surface area contributed by atoms with Crippen molar-refractivity contribution in [3.05, 3.63) is 20.5 Å². The quantitative estimate of drug-likeness (QED) is 0.455. The van der Waals surface area contributed by atoms with Gasteiger partial charge in [-0.1, -0.05) is 11.6 Å². The molecule has 108 valence electrons. The largest absolute Gasteiger partial charge is 0.300 e. The molecule has 1 heterocycles. The highest BCUT2D eigenvalue weighted by molar-refractivity contribution is 7.91. The first-order valence-electron chi connectivity index (χ1n) is 4.97. The summed E-state index contributed by atoms with van der Waals surface area (Å²) in [6.07, 6.45) is 1.94. The summed E-state index contributed by atoms with van der Waals surface area (Å²) in [7, 11) is -4.80. The Morgan fingerprint density at radius 3 is 2.68 bits per heavy atom. The summed E-state index contributed by atoms with van der Waals surface area (Å²) in [6, 6.07) is 0.924. The first kappa shape index (κ1) is 16.5. The third-order valence-corrected chi connectivity index (χ3v) is 6.14. The van der Waals surface area contributed by atoms with E-state index in [2.05, 4.69) is 4.72 Å². The fourth-order valence-corrected chi connectivity index (χ4v) is 4.48. The van der Waals surface area contributed by atoms with E-state index in [4.69, 9.17) is 11.6 Å². The van der Waals surface area contributed by atoms with Crippen LogP contribution >= 0.6 is 22.9 Å². The summed E-state index contributed by atoms with van der Waals surface area (Å²) in [4.78, 5) is 9.84. The summed E-state index contributed by atoms with van der Waals surface area (Å²) in [6.45, 7) is 0.116. The van der Waals surface area contributed by atoms with Crippen LogP contribution in [-0.4, -0.2) is 36.1 Å². The van der Waals surface area contributed by atoms with E-state index in [-0.39, 0.29) is 15.1 Å². The van der Waals surface area contributed by atoms with Crippen molar-refractivity contribution in [2.24, 2.45) is 0 Å². The van der Waals surface area contributed by atoms with E-state index in [1.807, 2.05) is 0 Å². The lowest BCUT2D eigenvalue weighted by molar-refractivity contribution is -0.384. The highest BCUT2D eigenvalue weighted by Gasteiger charge is 2.24. The topological polar surface area (TPSA) is 106 Å². The third kappa shape index (κ3) is 4.80. The molecule has 0 bridgehead atoms. The summed E-state index contributed by atoms with van der Waals surface area (Å²) >= 11 is 6.22. The second-order valence-corrected chi connectivity index (χ2v) is 8.71. The van der Waals surface area contributed by atoms with Gasteiger partial charge in [0.15, 0.2) is 4.34 Å². The summed E-state index contributed by atoms with van der Waals surface area (Å²) in [5, 5.41) is 10.6. The van der Waals surface area contributed by atoms with Crippen LogP contribution < -0.4 is 4.72 Å². The van der Waals surface area contributed by atoms with Crippen molar-refractivity contribution < 1.29 is 17.6 Å². The Bertz CT molecular complexity index is 598.